The summed E-state index contributed by atoms with van der Waals surface area (Å²) < 4.78 is 40.0. The maximum atomic E-state index is 10.8. The molecule has 3 N–H and O–H groups in total. The van der Waals surface area contributed by atoms with Crippen LogP contribution in [0.2, 0.25) is 0 Å². The van der Waals surface area contributed by atoms with E-state index in [0.717, 1.165) is 0 Å². The van der Waals surface area contributed by atoms with Crippen LogP contribution >= 0.6 is 0 Å². The standard InChI is InChI=1S/C10H14N2O5S/c1-15-8-3-2-4-9-10(8)17-7(6-16-9)5-12-18(11,13)14/h2-4,7,12H,5-6H2,1H3,(H2,11,13,14)/t7-/m0/s1. The van der Waals surface area contributed by atoms with E-state index in [2.05, 4.69) is 4.72 Å². The lowest BCUT2D eigenvalue weighted by Crippen LogP contribution is -2.43. The van der Waals surface area contributed by atoms with Crippen molar-refractivity contribution in [2.24, 2.45) is 5.14 Å². The second-order valence-corrected chi connectivity index (χ2v) is 5.11. The van der Waals surface area contributed by atoms with Gasteiger partial charge in [-0.2, -0.15) is 13.1 Å². The molecule has 7 nitrogen and oxygen atoms in total. The topological polar surface area (TPSA) is 99.9 Å². The Kier molecular flexibility index (Phi) is 3.60. The van der Waals surface area contributed by atoms with Crippen LogP contribution in [0, 0.1) is 0 Å². The van der Waals surface area contributed by atoms with Crippen molar-refractivity contribution in [1.82, 2.24) is 4.72 Å². The highest BCUT2D eigenvalue weighted by atomic mass is 32.2. The van der Waals surface area contributed by atoms with Gasteiger partial charge >= 0.3 is 0 Å². The summed E-state index contributed by atoms with van der Waals surface area (Å²) in [5.74, 6) is 1.57. The molecule has 0 fully saturated rings. The number of fused-ring (bicyclic) bond motifs is 1. The van der Waals surface area contributed by atoms with Gasteiger partial charge in [0.2, 0.25) is 5.75 Å². The number of para-hydroxylation sites is 1. The van der Waals surface area contributed by atoms with Crippen molar-refractivity contribution < 1.29 is 22.6 Å². The number of methoxy groups -OCH3 is 1. The SMILES string of the molecule is COc1cccc2c1O[C@@H](CNS(N)(=O)=O)CO2. The molecule has 0 saturated carbocycles. The van der Waals surface area contributed by atoms with Crippen molar-refractivity contribution in [3.05, 3.63) is 18.2 Å². The quantitative estimate of drug-likeness (QED) is 0.780. The Labute approximate surface area is 105 Å². The Morgan fingerprint density at radius 1 is 1.56 bits per heavy atom. The Morgan fingerprint density at radius 2 is 2.33 bits per heavy atom. The van der Waals surface area contributed by atoms with E-state index in [4.69, 9.17) is 19.3 Å². The second kappa shape index (κ2) is 5.01. The first-order valence-electron chi connectivity index (χ1n) is 5.23. The van der Waals surface area contributed by atoms with Crippen LogP contribution in [0.4, 0.5) is 0 Å². The highest BCUT2D eigenvalue weighted by Crippen LogP contribution is 2.39. The largest absolute Gasteiger partial charge is 0.493 e. The molecule has 18 heavy (non-hydrogen) atoms. The Balaban J connectivity index is 2.09. The van der Waals surface area contributed by atoms with Gasteiger partial charge in [0, 0.05) is 0 Å². The van der Waals surface area contributed by atoms with Gasteiger partial charge in [0.1, 0.15) is 12.7 Å². The van der Waals surface area contributed by atoms with Crippen molar-refractivity contribution in [3.8, 4) is 17.2 Å². The fourth-order valence-electron chi connectivity index (χ4n) is 1.58. The van der Waals surface area contributed by atoms with Crippen LogP contribution in [0.1, 0.15) is 0 Å². The van der Waals surface area contributed by atoms with Crippen molar-refractivity contribution in [1.29, 1.82) is 0 Å². The minimum absolute atomic E-state index is 0.0380. The number of benzene rings is 1. The van der Waals surface area contributed by atoms with Gasteiger partial charge in [0.15, 0.2) is 11.5 Å². The first-order chi connectivity index (χ1) is 8.49. The highest BCUT2D eigenvalue weighted by Gasteiger charge is 2.24. The van der Waals surface area contributed by atoms with E-state index in [0.29, 0.717) is 17.2 Å². The van der Waals surface area contributed by atoms with Gasteiger partial charge in [0.05, 0.1) is 13.7 Å². The van der Waals surface area contributed by atoms with Crippen molar-refractivity contribution in [2.75, 3.05) is 20.3 Å². The third kappa shape index (κ3) is 3.03. The number of rotatable bonds is 4. The molecule has 1 aromatic carbocycles. The van der Waals surface area contributed by atoms with Gasteiger partial charge in [-0.3, -0.25) is 0 Å². The smallest absolute Gasteiger partial charge is 0.274 e. The molecule has 0 saturated heterocycles. The zero-order chi connectivity index (χ0) is 13.2. The summed E-state index contributed by atoms with van der Waals surface area (Å²) in [5, 5.41) is 4.84. The Hall–Kier alpha value is -1.51. The molecular formula is C10H14N2O5S. The molecule has 100 valence electrons. The third-order valence-corrected chi connectivity index (χ3v) is 2.95. The van der Waals surface area contributed by atoms with Crippen LogP contribution in [0.15, 0.2) is 18.2 Å². The summed E-state index contributed by atoms with van der Waals surface area (Å²) in [6.45, 7) is 0.277. The van der Waals surface area contributed by atoms with Crippen molar-refractivity contribution >= 4 is 10.2 Å². The van der Waals surface area contributed by atoms with Crippen molar-refractivity contribution in [2.45, 2.75) is 6.10 Å². The van der Waals surface area contributed by atoms with Crippen LogP contribution < -0.4 is 24.1 Å². The summed E-state index contributed by atoms with van der Waals surface area (Å²) >= 11 is 0. The van der Waals surface area contributed by atoms with Crippen LogP contribution in [0.25, 0.3) is 0 Å². The van der Waals surface area contributed by atoms with Gasteiger partial charge in [-0.1, -0.05) is 6.07 Å². The third-order valence-electron chi connectivity index (χ3n) is 2.38. The molecule has 1 atom stereocenters. The van der Waals surface area contributed by atoms with Gasteiger partial charge in [-0.25, -0.2) is 5.14 Å². The van der Waals surface area contributed by atoms with E-state index < -0.39 is 16.3 Å². The van der Waals surface area contributed by atoms with Crippen molar-refractivity contribution in [3.63, 3.8) is 0 Å². The molecule has 1 aliphatic heterocycles. The number of nitrogens with one attached hydrogen (secondary N) is 1. The predicted molar refractivity (Wildman–Crippen MR) is 64.0 cm³/mol. The lowest BCUT2D eigenvalue weighted by atomic mass is 10.2. The highest BCUT2D eigenvalue weighted by molar-refractivity contribution is 7.87. The van der Waals surface area contributed by atoms with E-state index in [1.54, 1.807) is 18.2 Å². The number of hydrogen-bond donors (Lipinski definition) is 2. The molecule has 0 bridgehead atoms. The molecule has 0 spiro atoms. The Morgan fingerprint density at radius 3 is 3.00 bits per heavy atom. The minimum Gasteiger partial charge on any atom is -0.493 e. The van der Waals surface area contributed by atoms with E-state index >= 15 is 0 Å². The van der Waals surface area contributed by atoms with Gasteiger partial charge in [-0.15, -0.1) is 0 Å². The summed E-state index contributed by atoms with van der Waals surface area (Å²) in [5.41, 5.74) is 0. The van der Waals surface area contributed by atoms with E-state index in [-0.39, 0.29) is 13.2 Å². The lowest BCUT2D eigenvalue weighted by molar-refractivity contribution is 0.0902. The van der Waals surface area contributed by atoms with Crippen LogP contribution in [0.3, 0.4) is 0 Å². The van der Waals surface area contributed by atoms with Gasteiger partial charge in [0.25, 0.3) is 10.2 Å². The first kappa shape index (κ1) is 12.9. The Bertz CT molecular complexity index is 517. The molecule has 0 radical (unpaired) electrons. The van der Waals surface area contributed by atoms with E-state index in [9.17, 15) is 8.42 Å². The normalized spacial score (nSPS) is 18.4. The van der Waals surface area contributed by atoms with Crippen LogP contribution in [0.5, 0.6) is 17.2 Å². The van der Waals surface area contributed by atoms with E-state index in [1.807, 2.05) is 0 Å². The minimum atomic E-state index is -3.73. The molecular weight excluding hydrogens is 260 g/mol. The van der Waals surface area contributed by atoms with Gasteiger partial charge < -0.3 is 14.2 Å². The second-order valence-electron chi connectivity index (χ2n) is 3.73. The lowest BCUT2D eigenvalue weighted by Gasteiger charge is -2.27. The molecule has 8 heteroatoms. The average Bonchev–Trinajstić information content (AvgIpc) is 2.34. The average molecular weight is 274 g/mol. The predicted octanol–water partition coefficient (Wildman–Crippen LogP) is -0.372. The molecule has 1 heterocycles. The molecule has 0 aromatic heterocycles. The van der Waals surface area contributed by atoms with E-state index in [1.165, 1.54) is 7.11 Å². The molecule has 0 unspecified atom stereocenters. The number of hydrogen-bond acceptors (Lipinski definition) is 5. The number of ether oxygens (including phenoxy) is 3. The molecule has 0 amide bonds. The summed E-state index contributed by atoms with van der Waals surface area (Å²) in [7, 11) is -2.21. The monoisotopic (exact) mass is 274 g/mol. The fraction of sp³-hybridized carbons (Fsp3) is 0.400. The maximum absolute atomic E-state index is 10.8. The summed E-state index contributed by atoms with van der Waals surface area (Å²) in [6.07, 6.45) is -0.452. The zero-order valence-electron chi connectivity index (χ0n) is 9.75. The molecule has 1 aromatic rings. The van der Waals surface area contributed by atoms with Gasteiger partial charge in [-0.05, 0) is 12.1 Å². The fourth-order valence-corrected chi connectivity index (χ4v) is 2.00. The number of nitrogens with two attached hydrogens (primary N) is 1. The van der Waals surface area contributed by atoms with Crippen LogP contribution in [-0.2, 0) is 10.2 Å². The summed E-state index contributed by atoms with van der Waals surface area (Å²) in [6, 6.07) is 5.27. The molecule has 0 aliphatic carbocycles. The first-order valence-corrected chi connectivity index (χ1v) is 6.78. The zero-order valence-corrected chi connectivity index (χ0v) is 10.6. The maximum Gasteiger partial charge on any atom is 0.274 e. The molecule has 2 rings (SSSR count). The van der Waals surface area contributed by atoms with Crippen LogP contribution in [-0.4, -0.2) is 34.8 Å². The molecule has 1 aliphatic rings. The summed E-state index contributed by atoms with van der Waals surface area (Å²) in [4.78, 5) is 0.